The Labute approximate surface area is 157 Å². The molecule has 136 valence electrons. The molecule has 3 N–H and O–H groups in total. The van der Waals surface area contributed by atoms with Crippen molar-refractivity contribution in [1.82, 2.24) is 20.3 Å². The third-order valence-corrected chi connectivity index (χ3v) is 4.29. The van der Waals surface area contributed by atoms with Gasteiger partial charge in [0.1, 0.15) is 5.82 Å². The number of carbonyl (C=O) groups is 1. The van der Waals surface area contributed by atoms with E-state index in [2.05, 4.69) is 30.9 Å². The predicted molar refractivity (Wildman–Crippen MR) is 105 cm³/mol. The molecule has 3 aromatic rings. The smallest absolute Gasteiger partial charge is 0.251 e. The minimum Gasteiger partial charge on any atom is -0.370 e. The number of benzene rings is 1. The molecule has 0 unspecified atom stereocenters. The summed E-state index contributed by atoms with van der Waals surface area (Å²) in [7, 11) is 0. The fourth-order valence-electron chi connectivity index (χ4n) is 2.90. The van der Waals surface area contributed by atoms with Crippen molar-refractivity contribution in [3.8, 4) is 11.3 Å². The number of amides is 1. The molecular weight excluding hydrogens is 340 g/mol. The molecule has 7 nitrogen and oxygen atoms in total. The molecule has 7 heteroatoms. The quantitative estimate of drug-likeness (QED) is 0.570. The molecule has 0 atom stereocenters. The molecule has 1 aliphatic rings. The van der Waals surface area contributed by atoms with Gasteiger partial charge in [0.05, 0.1) is 5.69 Å². The number of nitrogens with one attached hydrogen (secondary N) is 3. The van der Waals surface area contributed by atoms with Crippen LogP contribution in [0.15, 0.2) is 54.9 Å². The largest absolute Gasteiger partial charge is 0.370 e. The molecule has 4 rings (SSSR count). The number of hydrogen-bond donors (Lipinski definition) is 3. The number of pyridine rings is 1. The molecule has 1 aliphatic heterocycles. The van der Waals surface area contributed by atoms with Gasteiger partial charge >= 0.3 is 0 Å². The SMILES string of the molecule is O=C1NCCCCNc2cc(ccn2)-c2ccnc(n2)Nc2cccc1c2. The van der Waals surface area contributed by atoms with Crippen LogP contribution in [-0.2, 0) is 0 Å². The molecule has 6 bridgehead atoms. The molecule has 0 radical (unpaired) electrons. The van der Waals surface area contributed by atoms with Crippen LogP contribution in [0, 0.1) is 0 Å². The maximum Gasteiger partial charge on any atom is 0.251 e. The van der Waals surface area contributed by atoms with Crippen molar-refractivity contribution in [2.24, 2.45) is 0 Å². The summed E-state index contributed by atoms with van der Waals surface area (Å²) in [5.41, 5.74) is 3.14. The monoisotopic (exact) mass is 360 g/mol. The topological polar surface area (TPSA) is 91.8 Å². The lowest BCUT2D eigenvalue weighted by Crippen LogP contribution is -2.24. The van der Waals surface area contributed by atoms with Crippen LogP contribution in [0.2, 0.25) is 0 Å². The van der Waals surface area contributed by atoms with Crippen LogP contribution in [0.4, 0.5) is 17.5 Å². The van der Waals surface area contributed by atoms with Gasteiger partial charge in [0.25, 0.3) is 5.91 Å². The summed E-state index contributed by atoms with van der Waals surface area (Å²) < 4.78 is 0. The predicted octanol–water partition coefficient (Wildman–Crippen LogP) is 3.22. The van der Waals surface area contributed by atoms with Crippen LogP contribution < -0.4 is 16.0 Å². The van der Waals surface area contributed by atoms with E-state index in [1.54, 1.807) is 24.5 Å². The Hall–Kier alpha value is -3.48. The number of anilines is 3. The maximum absolute atomic E-state index is 12.3. The van der Waals surface area contributed by atoms with Crippen LogP contribution >= 0.6 is 0 Å². The summed E-state index contributed by atoms with van der Waals surface area (Å²) in [6, 6.07) is 13.1. The van der Waals surface area contributed by atoms with Gasteiger partial charge in [-0.05, 0) is 49.2 Å². The Bertz CT molecular complexity index is 958. The summed E-state index contributed by atoms with van der Waals surface area (Å²) in [6.07, 6.45) is 5.31. The van der Waals surface area contributed by atoms with E-state index in [-0.39, 0.29) is 5.91 Å². The first-order valence-electron chi connectivity index (χ1n) is 8.96. The number of nitrogens with zero attached hydrogens (tertiary/aromatic N) is 3. The molecule has 1 aromatic carbocycles. The second-order valence-corrected chi connectivity index (χ2v) is 6.29. The molecule has 0 aliphatic carbocycles. The molecule has 3 heterocycles. The van der Waals surface area contributed by atoms with Crippen molar-refractivity contribution >= 4 is 23.4 Å². The Kier molecular flexibility index (Phi) is 4.91. The van der Waals surface area contributed by atoms with E-state index in [0.29, 0.717) is 18.1 Å². The minimum absolute atomic E-state index is 0.0843. The number of aromatic nitrogens is 3. The van der Waals surface area contributed by atoms with Gasteiger partial charge in [-0.15, -0.1) is 0 Å². The zero-order chi connectivity index (χ0) is 18.5. The Balaban J connectivity index is 1.69. The highest BCUT2D eigenvalue weighted by Crippen LogP contribution is 2.22. The normalized spacial score (nSPS) is 14.3. The highest BCUT2D eigenvalue weighted by molar-refractivity contribution is 5.95. The van der Waals surface area contributed by atoms with Gasteiger partial charge in [0.15, 0.2) is 0 Å². The highest BCUT2D eigenvalue weighted by atomic mass is 16.1. The summed E-state index contributed by atoms with van der Waals surface area (Å²) in [5, 5.41) is 9.45. The van der Waals surface area contributed by atoms with Gasteiger partial charge in [-0.2, -0.15) is 0 Å². The van der Waals surface area contributed by atoms with Crippen molar-refractivity contribution < 1.29 is 4.79 Å². The molecule has 27 heavy (non-hydrogen) atoms. The molecule has 0 saturated carbocycles. The van der Waals surface area contributed by atoms with Gasteiger partial charge < -0.3 is 16.0 Å². The average Bonchev–Trinajstić information content (AvgIpc) is 2.70. The molecule has 2 aromatic heterocycles. The van der Waals surface area contributed by atoms with Crippen molar-refractivity contribution in [2.45, 2.75) is 12.8 Å². The first-order chi connectivity index (χ1) is 13.3. The van der Waals surface area contributed by atoms with E-state index in [0.717, 1.165) is 42.1 Å². The van der Waals surface area contributed by atoms with Crippen molar-refractivity contribution in [3.05, 3.63) is 60.4 Å². The van der Waals surface area contributed by atoms with Crippen molar-refractivity contribution in [1.29, 1.82) is 0 Å². The summed E-state index contributed by atoms with van der Waals surface area (Å²) in [5.74, 6) is 1.19. The van der Waals surface area contributed by atoms with E-state index in [9.17, 15) is 4.79 Å². The molecule has 0 spiro atoms. The van der Waals surface area contributed by atoms with E-state index >= 15 is 0 Å². The fourth-order valence-corrected chi connectivity index (χ4v) is 2.90. The standard InChI is InChI=1S/C20H20N6O/c27-19-15-4-3-5-16(12-15)25-20-24-11-7-17(26-20)14-6-10-22-18(13-14)21-8-1-2-9-23-19/h3-7,10-13H,1-2,8-9H2,(H,21,22)(H,23,27)(H,24,25,26). The highest BCUT2D eigenvalue weighted by Gasteiger charge is 2.08. The van der Waals surface area contributed by atoms with Crippen LogP contribution in [0.25, 0.3) is 11.3 Å². The van der Waals surface area contributed by atoms with Crippen molar-refractivity contribution in [2.75, 3.05) is 23.7 Å². The third-order valence-electron chi connectivity index (χ3n) is 4.29. The van der Waals surface area contributed by atoms with Crippen LogP contribution in [0.5, 0.6) is 0 Å². The van der Waals surface area contributed by atoms with E-state index in [1.165, 1.54) is 0 Å². The second-order valence-electron chi connectivity index (χ2n) is 6.29. The Morgan fingerprint density at radius 3 is 2.63 bits per heavy atom. The lowest BCUT2D eigenvalue weighted by Gasteiger charge is -2.09. The first kappa shape index (κ1) is 17.0. The van der Waals surface area contributed by atoms with Crippen LogP contribution in [0.1, 0.15) is 23.2 Å². The zero-order valence-electron chi connectivity index (χ0n) is 14.8. The van der Waals surface area contributed by atoms with E-state index in [4.69, 9.17) is 0 Å². The molecule has 1 amide bonds. The third kappa shape index (κ3) is 4.20. The van der Waals surface area contributed by atoms with E-state index < -0.39 is 0 Å². The van der Waals surface area contributed by atoms with E-state index in [1.807, 2.05) is 30.3 Å². The number of fused-ring (bicyclic) bond motifs is 7. The first-order valence-corrected chi connectivity index (χ1v) is 8.96. The number of carbonyl (C=O) groups excluding carboxylic acids is 1. The number of hydrogen-bond acceptors (Lipinski definition) is 6. The zero-order valence-corrected chi connectivity index (χ0v) is 14.8. The van der Waals surface area contributed by atoms with Gasteiger partial charge in [-0.3, -0.25) is 4.79 Å². The fraction of sp³-hybridized carbons (Fsp3) is 0.200. The molecule has 0 saturated heterocycles. The second kappa shape index (κ2) is 7.82. The Morgan fingerprint density at radius 1 is 0.852 bits per heavy atom. The average molecular weight is 360 g/mol. The minimum atomic E-state index is -0.0843. The van der Waals surface area contributed by atoms with Crippen molar-refractivity contribution in [3.63, 3.8) is 0 Å². The lowest BCUT2D eigenvalue weighted by molar-refractivity contribution is 0.0953. The summed E-state index contributed by atoms with van der Waals surface area (Å²) in [6.45, 7) is 1.42. The molecular formula is C20H20N6O. The lowest BCUT2D eigenvalue weighted by atomic mass is 10.2. The maximum atomic E-state index is 12.3. The van der Waals surface area contributed by atoms with Crippen LogP contribution in [0.3, 0.4) is 0 Å². The number of rotatable bonds is 0. The molecule has 0 fully saturated rings. The van der Waals surface area contributed by atoms with Gasteiger partial charge in [-0.1, -0.05) is 6.07 Å². The van der Waals surface area contributed by atoms with Crippen LogP contribution in [-0.4, -0.2) is 33.9 Å². The van der Waals surface area contributed by atoms with Gasteiger partial charge in [-0.25, -0.2) is 15.0 Å². The summed E-state index contributed by atoms with van der Waals surface area (Å²) in [4.78, 5) is 25.6. The van der Waals surface area contributed by atoms with Gasteiger partial charge in [0.2, 0.25) is 5.95 Å². The van der Waals surface area contributed by atoms with Gasteiger partial charge in [0, 0.05) is 42.3 Å². The Morgan fingerprint density at radius 2 is 1.70 bits per heavy atom. The summed E-state index contributed by atoms with van der Waals surface area (Å²) >= 11 is 0.